The van der Waals surface area contributed by atoms with Crippen molar-refractivity contribution in [3.63, 3.8) is 0 Å². The summed E-state index contributed by atoms with van der Waals surface area (Å²) < 4.78 is 17.1. The molecule has 3 aromatic carbocycles. The molecule has 0 atom stereocenters. The molecule has 0 fully saturated rings. The van der Waals surface area contributed by atoms with E-state index >= 15 is 0 Å². The van der Waals surface area contributed by atoms with Crippen LogP contribution in [0.15, 0.2) is 52.9 Å². The Morgan fingerprint density at radius 1 is 0.893 bits per heavy atom. The van der Waals surface area contributed by atoms with Crippen molar-refractivity contribution < 1.29 is 13.9 Å². The lowest BCUT2D eigenvalue weighted by Gasteiger charge is -2.20. The maximum Gasteiger partial charge on any atom is 0.227 e. The molecule has 0 aliphatic rings. The molecule has 5 nitrogen and oxygen atoms in total. The van der Waals surface area contributed by atoms with Crippen molar-refractivity contribution in [1.82, 2.24) is 4.98 Å². The fourth-order valence-corrected chi connectivity index (χ4v) is 3.61. The molecule has 4 aromatic rings. The van der Waals surface area contributed by atoms with E-state index in [4.69, 9.17) is 18.9 Å². The largest absolute Gasteiger partial charge is 0.497 e. The zero-order valence-corrected chi connectivity index (χ0v) is 16.7. The summed E-state index contributed by atoms with van der Waals surface area (Å²) in [7, 11) is 3.34. The highest BCUT2D eigenvalue weighted by atomic mass is 16.5. The molecule has 0 saturated heterocycles. The molecule has 0 aliphatic carbocycles. The Morgan fingerprint density at radius 2 is 1.71 bits per heavy atom. The van der Waals surface area contributed by atoms with Crippen LogP contribution in [-0.2, 0) is 0 Å². The smallest absolute Gasteiger partial charge is 0.227 e. The molecule has 1 heterocycles. The van der Waals surface area contributed by atoms with E-state index in [0.29, 0.717) is 5.89 Å². The highest BCUT2D eigenvalue weighted by molar-refractivity contribution is 6.00. The Hall–Kier alpha value is -3.21. The van der Waals surface area contributed by atoms with Crippen molar-refractivity contribution in [1.29, 1.82) is 0 Å². The number of oxazole rings is 1. The molecule has 0 aliphatic heterocycles. The minimum absolute atomic E-state index is 0.590. The van der Waals surface area contributed by atoms with Crippen molar-refractivity contribution in [3.8, 4) is 23.0 Å². The standard InChI is InChI=1S/C23H24N2O3/c1-5-25(6-2)15-7-11-20-22(13-15)28-23(24-20)18-10-12-21(27-4)17-9-8-16(26-3)14-19(17)18/h7-14H,5-6H2,1-4H3. The van der Waals surface area contributed by atoms with Crippen LogP contribution in [0.1, 0.15) is 13.8 Å². The number of hydrogen-bond acceptors (Lipinski definition) is 5. The number of ether oxygens (including phenoxy) is 2. The Bertz CT molecular complexity index is 1130. The number of fused-ring (bicyclic) bond motifs is 2. The first kappa shape index (κ1) is 18.2. The molecule has 0 radical (unpaired) electrons. The van der Waals surface area contributed by atoms with Crippen molar-refractivity contribution >= 4 is 27.6 Å². The summed E-state index contributed by atoms with van der Waals surface area (Å²) in [5.41, 5.74) is 3.68. The van der Waals surface area contributed by atoms with Crippen molar-refractivity contribution in [2.45, 2.75) is 13.8 Å². The van der Waals surface area contributed by atoms with Gasteiger partial charge in [-0.3, -0.25) is 0 Å². The van der Waals surface area contributed by atoms with Crippen LogP contribution in [0.2, 0.25) is 0 Å². The summed E-state index contributed by atoms with van der Waals surface area (Å²) in [6.07, 6.45) is 0. The molecule has 0 spiro atoms. The highest BCUT2D eigenvalue weighted by Crippen LogP contribution is 2.37. The van der Waals surface area contributed by atoms with E-state index in [1.54, 1.807) is 14.2 Å². The van der Waals surface area contributed by atoms with Gasteiger partial charge in [-0.1, -0.05) is 0 Å². The molecule has 5 heteroatoms. The Kier molecular flexibility index (Phi) is 4.82. The minimum atomic E-state index is 0.590. The van der Waals surface area contributed by atoms with Crippen LogP contribution in [0.25, 0.3) is 33.3 Å². The predicted molar refractivity (Wildman–Crippen MR) is 114 cm³/mol. The van der Waals surface area contributed by atoms with Crippen LogP contribution in [0.5, 0.6) is 11.5 Å². The second kappa shape index (κ2) is 7.43. The van der Waals surface area contributed by atoms with Gasteiger partial charge < -0.3 is 18.8 Å². The summed E-state index contributed by atoms with van der Waals surface area (Å²) in [5, 5.41) is 1.97. The fourth-order valence-electron chi connectivity index (χ4n) is 3.61. The minimum Gasteiger partial charge on any atom is -0.497 e. The molecule has 4 rings (SSSR count). The van der Waals surface area contributed by atoms with E-state index in [9.17, 15) is 0 Å². The average Bonchev–Trinajstić information content (AvgIpc) is 3.16. The van der Waals surface area contributed by atoms with Crippen molar-refractivity contribution in [2.24, 2.45) is 0 Å². The topological polar surface area (TPSA) is 47.7 Å². The van der Waals surface area contributed by atoms with Crippen LogP contribution in [0.4, 0.5) is 5.69 Å². The monoisotopic (exact) mass is 376 g/mol. The molecule has 144 valence electrons. The van der Waals surface area contributed by atoms with Crippen molar-refractivity contribution in [2.75, 3.05) is 32.2 Å². The first-order valence-electron chi connectivity index (χ1n) is 9.49. The lowest BCUT2D eigenvalue weighted by atomic mass is 10.0. The molecule has 0 unspecified atom stereocenters. The summed E-state index contributed by atoms with van der Waals surface area (Å²) in [4.78, 5) is 7.02. The Labute approximate surface area is 164 Å². The van der Waals surface area contributed by atoms with Gasteiger partial charge in [-0.25, -0.2) is 4.98 Å². The zero-order chi connectivity index (χ0) is 19.7. The second-order valence-electron chi connectivity index (χ2n) is 6.57. The van der Waals surface area contributed by atoms with E-state index in [1.807, 2.05) is 36.4 Å². The van der Waals surface area contributed by atoms with E-state index < -0.39 is 0 Å². The van der Waals surface area contributed by atoms with Crippen LogP contribution in [-0.4, -0.2) is 32.3 Å². The van der Waals surface area contributed by atoms with Crippen molar-refractivity contribution in [3.05, 3.63) is 48.5 Å². The van der Waals surface area contributed by atoms with E-state index in [1.165, 1.54) is 0 Å². The molecule has 28 heavy (non-hydrogen) atoms. The number of aromatic nitrogens is 1. The predicted octanol–water partition coefficient (Wildman–Crippen LogP) is 5.51. The molecular weight excluding hydrogens is 352 g/mol. The molecule has 0 saturated carbocycles. The van der Waals surface area contributed by atoms with Crippen LogP contribution < -0.4 is 14.4 Å². The Balaban J connectivity index is 1.88. The number of rotatable bonds is 6. The van der Waals surface area contributed by atoms with Gasteiger partial charge in [0.05, 0.1) is 14.2 Å². The zero-order valence-electron chi connectivity index (χ0n) is 16.7. The number of benzene rings is 3. The summed E-state index contributed by atoms with van der Waals surface area (Å²) >= 11 is 0. The highest BCUT2D eigenvalue weighted by Gasteiger charge is 2.15. The van der Waals surface area contributed by atoms with Gasteiger partial charge in [-0.2, -0.15) is 0 Å². The number of nitrogens with zero attached hydrogens (tertiary/aromatic N) is 2. The molecule has 0 bridgehead atoms. The number of hydrogen-bond donors (Lipinski definition) is 0. The summed E-state index contributed by atoms with van der Waals surface area (Å²) in [6, 6.07) is 16.0. The maximum atomic E-state index is 6.17. The maximum absolute atomic E-state index is 6.17. The third-order valence-electron chi connectivity index (χ3n) is 5.13. The first-order chi connectivity index (χ1) is 13.7. The van der Waals surface area contributed by atoms with Gasteiger partial charge in [0, 0.05) is 41.2 Å². The van der Waals surface area contributed by atoms with E-state index in [0.717, 1.165) is 57.7 Å². The fraction of sp³-hybridized carbons (Fsp3) is 0.261. The molecule has 0 amide bonds. The van der Waals surface area contributed by atoms with Crippen LogP contribution >= 0.6 is 0 Å². The quantitative estimate of drug-likeness (QED) is 0.444. The van der Waals surface area contributed by atoms with Gasteiger partial charge in [-0.05, 0) is 56.3 Å². The first-order valence-corrected chi connectivity index (χ1v) is 9.49. The molecule has 1 aromatic heterocycles. The number of methoxy groups -OCH3 is 2. The van der Waals surface area contributed by atoms with Gasteiger partial charge in [0.1, 0.15) is 17.0 Å². The van der Waals surface area contributed by atoms with Gasteiger partial charge in [-0.15, -0.1) is 0 Å². The normalized spacial score (nSPS) is 11.1. The second-order valence-corrected chi connectivity index (χ2v) is 6.57. The number of anilines is 1. The van der Waals surface area contributed by atoms with Gasteiger partial charge in [0.2, 0.25) is 5.89 Å². The lowest BCUT2D eigenvalue weighted by molar-refractivity contribution is 0.414. The van der Waals surface area contributed by atoms with Crippen LogP contribution in [0.3, 0.4) is 0 Å². The average molecular weight is 376 g/mol. The Morgan fingerprint density at radius 3 is 2.43 bits per heavy atom. The van der Waals surface area contributed by atoms with Gasteiger partial charge >= 0.3 is 0 Å². The third-order valence-corrected chi connectivity index (χ3v) is 5.13. The van der Waals surface area contributed by atoms with Gasteiger partial charge in [0.25, 0.3) is 0 Å². The third kappa shape index (κ3) is 3.03. The summed E-state index contributed by atoms with van der Waals surface area (Å²) in [6.45, 7) is 6.20. The molecular formula is C23H24N2O3. The van der Waals surface area contributed by atoms with Crippen LogP contribution in [0, 0.1) is 0 Å². The SMILES string of the molecule is CCN(CC)c1ccc2nc(-c3ccc(OC)c4ccc(OC)cc34)oc2c1. The van der Waals surface area contributed by atoms with E-state index in [2.05, 4.69) is 30.9 Å². The molecule has 0 N–H and O–H groups in total. The van der Waals surface area contributed by atoms with Gasteiger partial charge in [0.15, 0.2) is 5.58 Å². The lowest BCUT2D eigenvalue weighted by Crippen LogP contribution is -2.21. The summed E-state index contributed by atoms with van der Waals surface area (Å²) in [5.74, 6) is 2.18. The van der Waals surface area contributed by atoms with E-state index in [-0.39, 0.29) is 0 Å².